The zero-order valence-electron chi connectivity index (χ0n) is 8.88. The predicted molar refractivity (Wildman–Crippen MR) is 68.6 cm³/mol. The van der Waals surface area contributed by atoms with E-state index in [1.807, 2.05) is 0 Å². The molecule has 0 aliphatic rings. The number of hydrogen-bond acceptors (Lipinski definition) is 3. The number of nitrogens with two attached hydrogens (primary N) is 1. The molecule has 2 aromatic rings. The second-order valence-electron chi connectivity index (χ2n) is 3.91. The number of thiophene rings is 1. The second kappa shape index (κ2) is 4.44. The lowest BCUT2D eigenvalue weighted by atomic mass is 10.0. The van der Waals surface area contributed by atoms with Crippen LogP contribution in [0.3, 0.4) is 0 Å². The van der Waals surface area contributed by atoms with E-state index in [2.05, 4.69) is 0 Å². The van der Waals surface area contributed by atoms with Crippen LogP contribution in [-0.2, 0) is 5.60 Å². The minimum atomic E-state index is -4.75. The van der Waals surface area contributed by atoms with Crippen LogP contribution >= 0.6 is 11.3 Å². The van der Waals surface area contributed by atoms with E-state index in [1.165, 1.54) is 0 Å². The minimum absolute atomic E-state index is 0. The van der Waals surface area contributed by atoms with Crippen molar-refractivity contribution in [3.05, 3.63) is 29.1 Å². The monoisotopic (exact) mass is 277 g/mol. The van der Waals surface area contributed by atoms with Crippen molar-refractivity contribution in [1.29, 1.82) is 0 Å². The molecule has 0 aliphatic heterocycles. The molecule has 0 saturated heterocycles. The first kappa shape index (κ1) is 14.8. The molecule has 6 heteroatoms. The molecule has 1 aromatic carbocycles. The number of alkyl halides is 3. The first-order valence-corrected chi connectivity index (χ1v) is 5.63. The van der Waals surface area contributed by atoms with Crippen LogP contribution < -0.4 is 5.73 Å². The summed E-state index contributed by atoms with van der Waals surface area (Å²) in [6, 6.07) is 6.71. The number of halogens is 3. The van der Waals surface area contributed by atoms with Gasteiger partial charge in [0.2, 0.25) is 0 Å². The Hall–Kier alpha value is -1.27. The minimum Gasteiger partial charge on any atom is -0.397 e. The number of rotatable bonds is 1. The largest absolute Gasteiger partial charge is 0.422 e. The van der Waals surface area contributed by atoms with Gasteiger partial charge in [-0.05, 0) is 13.0 Å². The third-order valence-electron chi connectivity index (χ3n) is 2.63. The topological polar surface area (TPSA) is 46.2 Å². The normalized spacial score (nSPS) is 15.2. The van der Waals surface area contributed by atoms with Crippen molar-refractivity contribution in [2.45, 2.75) is 26.1 Å². The summed E-state index contributed by atoms with van der Waals surface area (Å²) in [6.07, 6.45) is -4.75. The molecule has 0 amide bonds. The van der Waals surface area contributed by atoms with Crippen molar-refractivity contribution in [2.24, 2.45) is 0 Å². The molecule has 18 heavy (non-hydrogen) atoms. The molecule has 100 valence electrons. The zero-order chi connectivity index (χ0) is 12.8. The van der Waals surface area contributed by atoms with E-state index < -0.39 is 11.8 Å². The van der Waals surface area contributed by atoms with Crippen LogP contribution in [0.5, 0.6) is 0 Å². The van der Waals surface area contributed by atoms with Gasteiger partial charge >= 0.3 is 6.18 Å². The quantitative estimate of drug-likeness (QED) is 0.830. The van der Waals surface area contributed by atoms with E-state index in [1.54, 1.807) is 24.3 Å². The molecule has 1 aromatic heterocycles. The van der Waals surface area contributed by atoms with Crippen LogP contribution in [0.2, 0.25) is 0 Å². The van der Waals surface area contributed by atoms with Gasteiger partial charge in [-0.15, -0.1) is 11.3 Å². The Morgan fingerprint density at radius 3 is 2.28 bits per heavy atom. The molecular weight excluding hydrogens is 263 g/mol. The van der Waals surface area contributed by atoms with E-state index in [4.69, 9.17) is 5.73 Å². The highest BCUT2D eigenvalue weighted by Crippen LogP contribution is 2.47. The van der Waals surface area contributed by atoms with Crippen LogP contribution in [0.4, 0.5) is 18.9 Å². The lowest BCUT2D eigenvalue weighted by molar-refractivity contribution is -0.257. The van der Waals surface area contributed by atoms with Gasteiger partial charge in [-0.25, -0.2) is 0 Å². The highest BCUT2D eigenvalue weighted by Gasteiger charge is 2.53. The van der Waals surface area contributed by atoms with Crippen LogP contribution in [0, 0.1) is 0 Å². The van der Waals surface area contributed by atoms with Crippen LogP contribution in [0.15, 0.2) is 24.3 Å². The van der Waals surface area contributed by atoms with Gasteiger partial charge in [-0.3, -0.25) is 0 Å². The van der Waals surface area contributed by atoms with Gasteiger partial charge < -0.3 is 10.8 Å². The van der Waals surface area contributed by atoms with Crippen molar-refractivity contribution < 1.29 is 18.3 Å². The van der Waals surface area contributed by atoms with E-state index in [0.717, 1.165) is 11.3 Å². The summed E-state index contributed by atoms with van der Waals surface area (Å²) < 4.78 is 38.8. The summed E-state index contributed by atoms with van der Waals surface area (Å²) in [5.74, 6) is 0. The molecular formula is C12H14F3NOS. The lowest BCUT2D eigenvalue weighted by Gasteiger charge is -2.25. The Bertz CT molecular complexity index is 560. The molecule has 0 radical (unpaired) electrons. The summed E-state index contributed by atoms with van der Waals surface area (Å²) in [6.45, 7) is 0.716. The van der Waals surface area contributed by atoms with Crippen LogP contribution in [-0.4, -0.2) is 11.3 Å². The average molecular weight is 277 g/mol. The second-order valence-corrected chi connectivity index (χ2v) is 4.96. The fourth-order valence-corrected chi connectivity index (χ4v) is 2.74. The van der Waals surface area contributed by atoms with E-state index in [0.29, 0.717) is 17.0 Å². The number of benzene rings is 1. The van der Waals surface area contributed by atoms with Gasteiger partial charge in [-0.2, -0.15) is 13.2 Å². The maximum atomic E-state index is 12.7. The maximum absolute atomic E-state index is 12.7. The number of nitrogen functional groups attached to an aromatic ring is 1. The highest BCUT2D eigenvalue weighted by molar-refractivity contribution is 7.19. The van der Waals surface area contributed by atoms with E-state index in [9.17, 15) is 18.3 Å². The number of fused-ring (bicyclic) bond motifs is 1. The highest BCUT2D eigenvalue weighted by atomic mass is 32.1. The van der Waals surface area contributed by atoms with E-state index in [-0.39, 0.29) is 18.0 Å². The van der Waals surface area contributed by atoms with Crippen LogP contribution in [0.1, 0.15) is 19.2 Å². The third kappa shape index (κ3) is 2.06. The molecule has 3 N–H and O–H groups in total. The SMILES string of the molecule is C.CC(O)(c1sc2ccccc2c1N)C(F)(F)F. The standard InChI is InChI=1S/C11H10F3NOS.CH4/c1-10(16,11(12,13)14)9-8(15)6-4-2-3-5-7(6)17-9;/h2-5,16H,15H2,1H3;1H4. The summed E-state index contributed by atoms with van der Waals surface area (Å²) in [5, 5.41) is 10.1. The predicted octanol–water partition coefficient (Wildman–Crippen LogP) is 3.89. The van der Waals surface area contributed by atoms with Gasteiger partial charge in [0.1, 0.15) is 0 Å². The number of anilines is 1. The molecule has 2 nitrogen and oxygen atoms in total. The summed E-state index contributed by atoms with van der Waals surface area (Å²) in [5.41, 5.74) is 2.75. The number of aliphatic hydroxyl groups is 1. The van der Waals surface area contributed by atoms with Crippen molar-refractivity contribution in [3.8, 4) is 0 Å². The first-order chi connectivity index (χ1) is 7.75. The molecule has 0 bridgehead atoms. The Morgan fingerprint density at radius 2 is 1.78 bits per heavy atom. The van der Waals surface area contributed by atoms with Crippen molar-refractivity contribution in [2.75, 3.05) is 5.73 Å². The van der Waals surface area contributed by atoms with Crippen LogP contribution in [0.25, 0.3) is 10.1 Å². The summed E-state index contributed by atoms with van der Waals surface area (Å²) in [7, 11) is 0. The van der Waals surface area contributed by atoms with E-state index >= 15 is 0 Å². The molecule has 1 unspecified atom stereocenters. The Kier molecular flexibility index (Phi) is 3.65. The van der Waals surface area contributed by atoms with Gasteiger partial charge in [0.15, 0.2) is 5.60 Å². The number of hydrogen-bond donors (Lipinski definition) is 2. The molecule has 2 rings (SSSR count). The zero-order valence-corrected chi connectivity index (χ0v) is 9.69. The molecule has 0 aliphatic carbocycles. The Balaban J connectivity index is 0.00000162. The third-order valence-corrected chi connectivity index (χ3v) is 4.03. The molecule has 0 saturated carbocycles. The summed E-state index contributed by atoms with van der Waals surface area (Å²) in [4.78, 5) is -0.258. The lowest BCUT2D eigenvalue weighted by Crippen LogP contribution is -2.38. The molecule has 1 atom stereocenters. The summed E-state index contributed by atoms with van der Waals surface area (Å²) >= 11 is 0.863. The van der Waals surface area contributed by atoms with Crippen molar-refractivity contribution >= 4 is 27.1 Å². The molecule has 1 heterocycles. The maximum Gasteiger partial charge on any atom is 0.422 e. The molecule has 0 fully saturated rings. The van der Waals surface area contributed by atoms with Gasteiger partial charge in [0.25, 0.3) is 0 Å². The van der Waals surface area contributed by atoms with Gasteiger partial charge in [0, 0.05) is 10.1 Å². The molecule has 0 spiro atoms. The van der Waals surface area contributed by atoms with Gasteiger partial charge in [0.05, 0.1) is 10.6 Å². The van der Waals surface area contributed by atoms with Crippen molar-refractivity contribution in [1.82, 2.24) is 0 Å². The Labute approximate surface area is 107 Å². The smallest absolute Gasteiger partial charge is 0.397 e. The fraction of sp³-hybridized carbons (Fsp3) is 0.333. The Morgan fingerprint density at radius 1 is 1.22 bits per heavy atom. The average Bonchev–Trinajstić information content (AvgIpc) is 2.56. The van der Waals surface area contributed by atoms with Crippen molar-refractivity contribution in [3.63, 3.8) is 0 Å². The first-order valence-electron chi connectivity index (χ1n) is 4.81. The van der Waals surface area contributed by atoms with Gasteiger partial charge in [-0.1, -0.05) is 25.6 Å². The fourth-order valence-electron chi connectivity index (χ4n) is 1.56.